The first kappa shape index (κ1) is 13.0. The van der Waals surface area contributed by atoms with E-state index in [1.165, 1.54) is 0 Å². The van der Waals surface area contributed by atoms with E-state index in [4.69, 9.17) is 0 Å². The molecule has 1 aromatic carbocycles. The van der Waals surface area contributed by atoms with Gasteiger partial charge in [0.2, 0.25) is 0 Å². The van der Waals surface area contributed by atoms with Gasteiger partial charge in [0.05, 0.1) is 5.56 Å². The van der Waals surface area contributed by atoms with Crippen LogP contribution in [0.25, 0.3) is 0 Å². The molecule has 0 N–H and O–H groups in total. The highest BCUT2D eigenvalue weighted by Gasteiger charge is 2.38. The van der Waals surface area contributed by atoms with Crippen molar-refractivity contribution >= 4 is 9.84 Å². The molecule has 0 aliphatic carbocycles. The van der Waals surface area contributed by atoms with Crippen LogP contribution in [0.15, 0.2) is 17.0 Å². The molecular formula is C9H8F4O2S. The van der Waals surface area contributed by atoms with E-state index in [0.29, 0.717) is 6.26 Å². The van der Waals surface area contributed by atoms with Gasteiger partial charge in [-0.15, -0.1) is 0 Å². The summed E-state index contributed by atoms with van der Waals surface area (Å²) in [7, 11) is -4.01. The minimum absolute atomic E-state index is 0.350. The molecule has 0 saturated carbocycles. The van der Waals surface area contributed by atoms with Gasteiger partial charge in [0.25, 0.3) is 0 Å². The number of hydrogen-bond acceptors (Lipinski definition) is 2. The highest BCUT2D eigenvalue weighted by molar-refractivity contribution is 7.90. The number of halogens is 4. The topological polar surface area (TPSA) is 34.1 Å². The quantitative estimate of drug-likeness (QED) is 0.724. The monoisotopic (exact) mass is 256 g/mol. The predicted molar refractivity (Wildman–Crippen MR) is 49.2 cm³/mol. The van der Waals surface area contributed by atoms with E-state index in [1.54, 1.807) is 0 Å². The summed E-state index contributed by atoms with van der Waals surface area (Å²) in [4.78, 5) is -0.939. The summed E-state index contributed by atoms with van der Waals surface area (Å²) >= 11 is 0. The minimum atomic E-state index is -4.91. The van der Waals surface area contributed by atoms with Crippen LogP contribution in [-0.2, 0) is 16.0 Å². The van der Waals surface area contributed by atoms with Gasteiger partial charge in [-0.1, -0.05) is 6.07 Å². The first-order valence-corrected chi connectivity index (χ1v) is 6.00. The van der Waals surface area contributed by atoms with Crippen molar-refractivity contribution in [2.45, 2.75) is 18.0 Å². The molecule has 2 nitrogen and oxygen atoms in total. The van der Waals surface area contributed by atoms with Gasteiger partial charge in [0.1, 0.15) is 4.90 Å². The van der Waals surface area contributed by atoms with Gasteiger partial charge in [-0.3, -0.25) is 0 Å². The summed E-state index contributed by atoms with van der Waals surface area (Å²) in [6.07, 6.45) is -4.25. The van der Waals surface area contributed by atoms with Gasteiger partial charge in [-0.2, -0.15) is 13.2 Å². The van der Waals surface area contributed by atoms with Crippen LogP contribution in [0.4, 0.5) is 17.6 Å². The smallest absolute Gasteiger partial charge is 0.224 e. The second-order valence-corrected chi connectivity index (χ2v) is 5.32. The summed E-state index contributed by atoms with van der Waals surface area (Å²) in [5.74, 6) is -1.74. The molecule has 1 rings (SSSR count). The summed E-state index contributed by atoms with van der Waals surface area (Å²) in [5.41, 5.74) is -1.88. The number of sulfone groups is 1. The van der Waals surface area contributed by atoms with Crippen LogP contribution in [0.3, 0.4) is 0 Å². The molecule has 0 atom stereocenters. The zero-order chi connectivity index (χ0) is 12.7. The van der Waals surface area contributed by atoms with Gasteiger partial charge in [-0.25, -0.2) is 12.8 Å². The van der Waals surface area contributed by atoms with Crippen molar-refractivity contribution in [1.82, 2.24) is 0 Å². The average Bonchev–Trinajstić information content (AvgIpc) is 1.97. The number of alkyl halides is 3. The molecule has 1 aromatic rings. The minimum Gasteiger partial charge on any atom is -0.224 e. The molecule has 0 aliphatic heterocycles. The molecule has 0 fully saturated rings. The maximum atomic E-state index is 13.4. The molecule has 0 unspecified atom stereocenters. The van der Waals surface area contributed by atoms with Crippen LogP contribution >= 0.6 is 0 Å². The molecule has 0 bridgehead atoms. The molecule has 16 heavy (non-hydrogen) atoms. The molecule has 0 amide bonds. The molecular weight excluding hydrogens is 248 g/mol. The van der Waals surface area contributed by atoms with E-state index in [-0.39, 0.29) is 5.56 Å². The van der Waals surface area contributed by atoms with Gasteiger partial charge >= 0.3 is 6.18 Å². The third-order valence-corrected chi connectivity index (χ3v) is 3.11. The third kappa shape index (κ3) is 2.34. The Kier molecular flexibility index (Phi) is 3.02. The standard InChI is InChI=1S/C9H8F4O2S/c1-5-3-4-6(16(2,14)15)8(10)7(5)9(11,12)13/h3-4H,1-2H3. The van der Waals surface area contributed by atoms with Crippen molar-refractivity contribution in [2.75, 3.05) is 6.26 Å². The van der Waals surface area contributed by atoms with Gasteiger partial charge in [0.15, 0.2) is 15.7 Å². The van der Waals surface area contributed by atoms with Gasteiger partial charge < -0.3 is 0 Å². The Labute approximate surface area is 89.8 Å². The van der Waals surface area contributed by atoms with E-state index >= 15 is 0 Å². The second-order valence-electron chi connectivity index (χ2n) is 3.34. The number of aryl methyl sites for hydroxylation is 1. The number of hydrogen-bond donors (Lipinski definition) is 0. The first-order chi connectivity index (χ1) is 7.05. The van der Waals surface area contributed by atoms with E-state index in [9.17, 15) is 26.0 Å². The van der Waals surface area contributed by atoms with Crippen LogP contribution in [0.5, 0.6) is 0 Å². The Hall–Kier alpha value is -1.11. The Morgan fingerprint density at radius 3 is 2.06 bits per heavy atom. The molecule has 0 aromatic heterocycles. The first-order valence-electron chi connectivity index (χ1n) is 4.11. The fourth-order valence-corrected chi connectivity index (χ4v) is 2.03. The Bertz CT molecular complexity index is 517. The summed E-state index contributed by atoms with van der Waals surface area (Å²) in [6.45, 7) is 1.07. The van der Waals surface area contributed by atoms with Gasteiger partial charge in [0, 0.05) is 6.26 Å². The van der Waals surface area contributed by atoms with Crippen molar-refractivity contribution in [1.29, 1.82) is 0 Å². The van der Waals surface area contributed by atoms with Crippen molar-refractivity contribution < 1.29 is 26.0 Å². The molecule has 0 heterocycles. The van der Waals surface area contributed by atoms with E-state index < -0.39 is 32.3 Å². The van der Waals surface area contributed by atoms with Crippen molar-refractivity contribution in [2.24, 2.45) is 0 Å². The highest BCUT2D eigenvalue weighted by atomic mass is 32.2. The largest absolute Gasteiger partial charge is 0.419 e. The van der Waals surface area contributed by atoms with Crippen LogP contribution in [0.1, 0.15) is 11.1 Å². The third-order valence-electron chi connectivity index (χ3n) is 2.00. The van der Waals surface area contributed by atoms with Crippen LogP contribution in [0, 0.1) is 12.7 Å². The molecule has 0 saturated heterocycles. The zero-order valence-corrected chi connectivity index (χ0v) is 9.21. The van der Waals surface area contributed by atoms with E-state index in [0.717, 1.165) is 19.1 Å². The molecule has 0 radical (unpaired) electrons. The van der Waals surface area contributed by atoms with Gasteiger partial charge in [-0.05, 0) is 18.6 Å². The lowest BCUT2D eigenvalue weighted by molar-refractivity contribution is -0.140. The lowest BCUT2D eigenvalue weighted by Crippen LogP contribution is -2.14. The summed E-state index contributed by atoms with van der Waals surface area (Å²) in [5, 5.41) is 0. The molecule has 7 heteroatoms. The van der Waals surface area contributed by atoms with Crippen LogP contribution in [-0.4, -0.2) is 14.7 Å². The normalized spacial score (nSPS) is 12.9. The fourth-order valence-electron chi connectivity index (χ4n) is 1.29. The Morgan fingerprint density at radius 2 is 1.69 bits per heavy atom. The zero-order valence-electron chi connectivity index (χ0n) is 8.39. The molecule has 90 valence electrons. The van der Waals surface area contributed by atoms with E-state index in [1.807, 2.05) is 0 Å². The fraction of sp³-hybridized carbons (Fsp3) is 0.333. The second kappa shape index (κ2) is 3.73. The highest BCUT2D eigenvalue weighted by Crippen LogP contribution is 2.35. The van der Waals surface area contributed by atoms with Crippen molar-refractivity contribution in [3.8, 4) is 0 Å². The van der Waals surface area contributed by atoms with Crippen molar-refractivity contribution in [3.63, 3.8) is 0 Å². The van der Waals surface area contributed by atoms with Crippen molar-refractivity contribution in [3.05, 3.63) is 29.1 Å². The Morgan fingerprint density at radius 1 is 1.19 bits per heavy atom. The average molecular weight is 256 g/mol. The SMILES string of the molecule is Cc1ccc(S(C)(=O)=O)c(F)c1C(F)(F)F. The lowest BCUT2D eigenvalue weighted by atomic mass is 10.1. The maximum absolute atomic E-state index is 13.4. The molecule has 0 spiro atoms. The Balaban J connectivity index is 3.65. The molecule has 0 aliphatic rings. The van der Waals surface area contributed by atoms with E-state index in [2.05, 4.69) is 0 Å². The maximum Gasteiger partial charge on any atom is 0.419 e. The summed E-state index contributed by atoms with van der Waals surface area (Å²) in [6, 6.07) is 1.76. The summed E-state index contributed by atoms with van der Waals surface area (Å²) < 4.78 is 72.8. The lowest BCUT2D eigenvalue weighted by Gasteiger charge is -2.13. The number of rotatable bonds is 1. The number of benzene rings is 1. The predicted octanol–water partition coefficient (Wildman–Crippen LogP) is 2.56. The van der Waals surface area contributed by atoms with Crippen LogP contribution in [0.2, 0.25) is 0 Å². The van der Waals surface area contributed by atoms with Crippen LogP contribution < -0.4 is 0 Å².